The monoisotopic (exact) mass is 373 g/mol. The summed E-state index contributed by atoms with van der Waals surface area (Å²) in [6, 6.07) is 18.6. The maximum Gasteiger partial charge on any atom is 0.282 e. The van der Waals surface area contributed by atoms with Crippen LogP contribution in [0.25, 0.3) is 22.6 Å². The lowest BCUT2D eigenvalue weighted by Gasteiger charge is -2.11. The standard InChI is InChI=1S/C21H15N3O4/c1-13-14(21-23-17-9-3-5-12-19(17)28-21)8-6-10-16(13)22-20(25)15-7-2-4-11-18(15)24(26)27/h2-12H,1H3,(H,22,25). The molecule has 7 heteroatoms. The van der Waals surface area contributed by atoms with Gasteiger partial charge in [0.1, 0.15) is 11.1 Å². The van der Waals surface area contributed by atoms with E-state index in [1.807, 2.05) is 37.3 Å². The number of rotatable bonds is 4. The summed E-state index contributed by atoms with van der Waals surface area (Å²) in [5, 5.41) is 13.9. The van der Waals surface area contributed by atoms with Gasteiger partial charge in [0.2, 0.25) is 5.89 Å². The molecule has 28 heavy (non-hydrogen) atoms. The molecule has 0 saturated heterocycles. The van der Waals surface area contributed by atoms with Gasteiger partial charge in [-0.1, -0.05) is 30.3 Å². The van der Waals surface area contributed by atoms with Crippen molar-refractivity contribution >= 4 is 28.4 Å². The fourth-order valence-corrected chi connectivity index (χ4v) is 3.00. The minimum Gasteiger partial charge on any atom is -0.436 e. The molecule has 1 heterocycles. The second-order valence-corrected chi connectivity index (χ2v) is 6.19. The Morgan fingerprint density at radius 3 is 2.57 bits per heavy atom. The summed E-state index contributed by atoms with van der Waals surface area (Å²) >= 11 is 0. The van der Waals surface area contributed by atoms with Crippen LogP contribution in [0.1, 0.15) is 15.9 Å². The third-order valence-corrected chi connectivity index (χ3v) is 4.45. The van der Waals surface area contributed by atoms with E-state index in [0.29, 0.717) is 17.2 Å². The molecule has 1 amide bonds. The van der Waals surface area contributed by atoms with E-state index >= 15 is 0 Å². The van der Waals surface area contributed by atoms with Crippen molar-refractivity contribution in [3.63, 3.8) is 0 Å². The van der Waals surface area contributed by atoms with Crippen LogP contribution in [0.5, 0.6) is 0 Å². The molecular weight excluding hydrogens is 358 g/mol. The number of oxazole rings is 1. The number of aromatic nitrogens is 1. The SMILES string of the molecule is Cc1c(NC(=O)c2ccccc2[N+](=O)[O-])cccc1-c1nc2ccccc2o1. The van der Waals surface area contributed by atoms with Gasteiger partial charge in [-0.2, -0.15) is 0 Å². The van der Waals surface area contributed by atoms with Gasteiger partial charge < -0.3 is 9.73 Å². The zero-order valence-corrected chi connectivity index (χ0v) is 14.9. The predicted octanol–water partition coefficient (Wildman–Crippen LogP) is 4.96. The normalized spacial score (nSPS) is 10.8. The molecule has 4 rings (SSSR count). The van der Waals surface area contributed by atoms with Crippen LogP contribution in [-0.4, -0.2) is 15.8 Å². The fourth-order valence-electron chi connectivity index (χ4n) is 3.00. The molecule has 0 fully saturated rings. The van der Waals surface area contributed by atoms with Crippen molar-refractivity contribution in [2.24, 2.45) is 0 Å². The van der Waals surface area contributed by atoms with Crippen molar-refractivity contribution < 1.29 is 14.1 Å². The smallest absolute Gasteiger partial charge is 0.282 e. The maximum absolute atomic E-state index is 12.6. The number of carbonyl (C=O) groups is 1. The number of amides is 1. The summed E-state index contributed by atoms with van der Waals surface area (Å²) in [6.45, 7) is 1.83. The van der Waals surface area contributed by atoms with Crippen LogP contribution in [0.4, 0.5) is 11.4 Å². The highest BCUT2D eigenvalue weighted by Gasteiger charge is 2.20. The van der Waals surface area contributed by atoms with E-state index < -0.39 is 10.8 Å². The number of nitrogens with zero attached hydrogens (tertiary/aromatic N) is 2. The first-order chi connectivity index (χ1) is 13.5. The Bertz CT molecular complexity index is 1180. The zero-order valence-electron chi connectivity index (χ0n) is 14.9. The van der Waals surface area contributed by atoms with Gasteiger partial charge in [0.25, 0.3) is 11.6 Å². The van der Waals surface area contributed by atoms with Crippen molar-refractivity contribution in [2.45, 2.75) is 6.92 Å². The highest BCUT2D eigenvalue weighted by Crippen LogP contribution is 2.31. The van der Waals surface area contributed by atoms with Gasteiger partial charge in [-0.15, -0.1) is 0 Å². The van der Waals surface area contributed by atoms with Gasteiger partial charge in [-0.25, -0.2) is 4.98 Å². The zero-order chi connectivity index (χ0) is 19.7. The molecule has 0 aliphatic rings. The van der Waals surface area contributed by atoms with E-state index in [2.05, 4.69) is 10.3 Å². The summed E-state index contributed by atoms with van der Waals surface area (Å²) in [4.78, 5) is 27.7. The summed E-state index contributed by atoms with van der Waals surface area (Å²) in [5.74, 6) is -0.106. The first kappa shape index (κ1) is 17.4. The average Bonchev–Trinajstić information content (AvgIpc) is 3.13. The number of benzene rings is 3. The molecule has 0 bridgehead atoms. The van der Waals surface area contributed by atoms with Gasteiger partial charge in [0.05, 0.1) is 4.92 Å². The number of hydrogen-bond donors (Lipinski definition) is 1. The summed E-state index contributed by atoms with van der Waals surface area (Å²) < 4.78 is 5.82. The van der Waals surface area contributed by atoms with E-state index in [1.54, 1.807) is 18.2 Å². The van der Waals surface area contributed by atoms with Crippen LogP contribution in [-0.2, 0) is 0 Å². The van der Waals surface area contributed by atoms with Crippen LogP contribution in [0, 0.1) is 17.0 Å². The Morgan fingerprint density at radius 2 is 1.79 bits per heavy atom. The van der Waals surface area contributed by atoms with Crippen molar-refractivity contribution in [3.05, 3.63) is 88.0 Å². The van der Waals surface area contributed by atoms with Gasteiger partial charge in [0, 0.05) is 17.3 Å². The largest absolute Gasteiger partial charge is 0.436 e. The minimum atomic E-state index is -0.573. The van der Waals surface area contributed by atoms with Crippen molar-refractivity contribution in [2.75, 3.05) is 5.32 Å². The molecule has 3 aromatic carbocycles. The average molecular weight is 373 g/mol. The molecule has 138 valence electrons. The Morgan fingerprint density at radius 1 is 1.04 bits per heavy atom. The number of para-hydroxylation sites is 3. The Kier molecular flexibility index (Phi) is 4.33. The molecule has 0 atom stereocenters. The molecule has 0 unspecified atom stereocenters. The molecule has 0 radical (unpaired) electrons. The number of hydrogen-bond acceptors (Lipinski definition) is 5. The van der Waals surface area contributed by atoms with Crippen molar-refractivity contribution in [1.29, 1.82) is 0 Å². The fraction of sp³-hybridized carbons (Fsp3) is 0.0476. The number of nitro benzene ring substituents is 1. The van der Waals surface area contributed by atoms with Gasteiger partial charge in [0.15, 0.2) is 5.58 Å². The van der Waals surface area contributed by atoms with Crippen LogP contribution < -0.4 is 5.32 Å². The Hall–Kier alpha value is -4.00. The molecule has 0 aliphatic heterocycles. The van der Waals surface area contributed by atoms with E-state index in [9.17, 15) is 14.9 Å². The topological polar surface area (TPSA) is 98.3 Å². The second-order valence-electron chi connectivity index (χ2n) is 6.19. The molecule has 4 aromatic rings. The quantitative estimate of drug-likeness (QED) is 0.402. The highest BCUT2D eigenvalue weighted by atomic mass is 16.6. The Balaban J connectivity index is 1.69. The number of fused-ring (bicyclic) bond motifs is 1. The lowest BCUT2D eigenvalue weighted by atomic mass is 10.1. The molecule has 0 saturated carbocycles. The van der Waals surface area contributed by atoms with E-state index in [1.165, 1.54) is 18.2 Å². The molecule has 0 spiro atoms. The maximum atomic E-state index is 12.6. The number of carbonyl (C=O) groups excluding carboxylic acids is 1. The second kappa shape index (κ2) is 6.96. The molecular formula is C21H15N3O4. The van der Waals surface area contributed by atoms with Gasteiger partial charge in [-0.05, 0) is 42.8 Å². The lowest BCUT2D eigenvalue weighted by molar-refractivity contribution is -0.385. The Labute approximate surface area is 159 Å². The van der Waals surface area contributed by atoms with Crippen molar-refractivity contribution in [3.8, 4) is 11.5 Å². The number of nitro groups is 1. The van der Waals surface area contributed by atoms with Crippen LogP contribution in [0.15, 0.2) is 71.1 Å². The lowest BCUT2D eigenvalue weighted by Crippen LogP contribution is -2.14. The first-order valence-corrected chi connectivity index (χ1v) is 8.55. The first-order valence-electron chi connectivity index (χ1n) is 8.55. The summed E-state index contributed by atoms with van der Waals surface area (Å²) in [5.41, 5.74) is 3.19. The van der Waals surface area contributed by atoms with E-state index in [-0.39, 0.29) is 11.3 Å². The van der Waals surface area contributed by atoms with Gasteiger partial charge in [-0.3, -0.25) is 14.9 Å². The van der Waals surface area contributed by atoms with Crippen LogP contribution >= 0.6 is 0 Å². The predicted molar refractivity (Wildman–Crippen MR) is 105 cm³/mol. The number of nitrogens with one attached hydrogen (secondary N) is 1. The molecule has 0 aliphatic carbocycles. The van der Waals surface area contributed by atoms with E-state index in [4.69, 9.17) is 4.42 Å². The molecule has 1 N–H and O–H groups in total. The third-order valence-electron chi connectivity index (χ3n) is 4.45. The molecule has 1 aromatic heterocycles. The molecule has 7 nitrogen and oxygen atoms in total. The van der Waals surface area contributed by atoms with Gasteiger partial charge >= 0.3 is 0 Å². The van der Waals surface area contributed by atoms with E-state index in [0.717, 1.165) is 16.6 Å². The summed E-state index contributed by atoms with van der Waals surface area (Å²) in [7, 11) is 0. The third kappa shape index (κ3) is 3.09. The van der Waals surface area contributed by atoms with Crippen LogP contribution in [0.2, 0.25) is 0 Å². The number of anilines is 1. The minimum absolute atomic E-state index is 0.000773. The summed E-state index contributed by atoms with van der Waals surface area (Å²) in [6.07, 6.45) is 0. The van der Waals surface area contributed by atoms with Crippen molar-refractivity contribution in [1.82, 2.24) is 4.98 Å². The highest BCUT2D eigenvalue weighted by molar-refractivity contribution is 6.07. The van der Waals surface area contributed by atoms with Crippen LogP contribution in [0.3, 0.4) is 0 Å².